The molecule has 0 aromatic carbocycles. The third kappa shape index (κ3) is 2.89. The Morgan fingerprint density at radius 2 is 2.12 bits per heavy atom. The zero-order valence-electron chi connectivity index (χ0n) is 10.1. The molecule has 0 aliphatic carbocycles. The topological polar surface area (TPSA) is 32.3 Å². The lowest BCUT2D eigenvalue weighted by atomic mass is 10.00. The number of nitrogens with zero attached hydrogens (tertiary/aromatic N) is 1. The van der Waals surface area contributed by atoms with Crippen molar-refractivity contribution in [1.29, 1.82) is 0 Å². The highest BCUT2D eigenvalue weighted by Crippen LogP contribution is 2.24. The summed E-state index contributed by atoms with van der Waals surface area (Å²) in [6.45, 7) is 4.33. The van der Waals surface area contributed by atoms with E-state index in [1.165, 1.54) is 17.8 Å². The number of piperidine rings is 1. The van der Waals surface area contributed by atoms with Gasteiger partial charge in [0.2, 0.25) is 0 Å². The number of rotatable bonds is 2. The molecular weight excluding hydrogens is 300 g/mol. The number of carbonyl (C=O) groups excluding carboxylic acids is 1. The third-order valence-electron chi connectivity index (χ3n) is 3.25. The van der Waals surface area contributed by atoms with E-state index in [0.29, 0.717) is 12.1 Å². The molecule has 1 fully saturated rings. The van der Waals surface area contributed by atoms with E-state index in [2.05, 4.69) is 40.2 Å². The van der Waals surface area contributed by atoms with Crippen molar-refractivity contribution < 1.29 is 4.79 Å². The van der Waals surface area contributed by atoms with Crippen molar-refractivity contribution in [2.45, 2.75) is 45.2 Å². The van der Waals surface area contributed by atoms with E-state index in [9.17, 15) is 4.79 Å². The highest BCUT2D eigenvalue weighted by molar-refractivity contribution is 9.10. The smallest absolute Gasteiger partial charge is 0.276 e. The molecule has 0 spiro atoms. The van der Waals surface area contributed by atoms with E-state index in [-0.39, 0.29) is 5.91 Å². The number of carbonyl (C=O) groups is 1. The van der Waals surface area contributed by atoms with E-state index in [0.717, 1.165) is 22.2 Å². The van der Waals surface area contributed by atoms with Gasteiger partial charge in [-0.05, 0) is 54.1 Å². The first-order valence-corrected chi connectivity index (χ1v) is 7.59. The van der Waals surface area contributed by atoms with Gasteiger partial charge in [0.1, 0.15) is 4.88 Å². The molecule has 1 N–H and O–H groups in total. The summed E-state index contributed by atoms with van der Waals surface area (Å²) in [5, 5.41) is 4.01. The molecule has 1 saturated heterocycles. The molecule has 1 amide bonds. The van der Waals surface area contributed by atoms with E-state index in [4.69, 9.17) is 0 Å². The van der Waals surface area contributed by atoms with Crippen molar-refractivity contribution in [3.05, 3.63) is 20.8 Å². The average molecular weight is 317 g/mol. The van der Waals surface area contributed by atoms with Crippen molar-refractivity contribution >= 4 is 33.2 Å². The Kier molecular flexibility index (Phi) is 4.22. The Balaban J connectivity index is 2.05. The molecule has 2 unspecified atom stereocenters. The Morgan fingerprint density at radius 3 is 2.65 bits per heavy atom. The summed E-state index contributed by atoms with van der Waals surface area (Å²) in [5.41, 5.74) is 3.04. The minimum Gasteiger partial charge on any atom is -0.284 e. The maximum absolute atomic E-state index is 12.1. The number of hydrogen-bond acceptors (Lipinski definition) is 3. The van der Waals surface area contributed by atoms with Crippen LogP contribution in [0.15, 0.2) is 15.9 Å². The molecule has 0 radical (unpaired) electrons. The minimum absolute atomic E-state index is 0.00697. The Bertz CT molecular complexity index is 397. The molecule has 5 heteroatoms. The van der Waals surface area contributed by atoms with Gasteiger partial charge in [0.25, 0.3) is 5.91 Å². The van der Waals surface area contributed by atoms with Gasteiger partial charge in [0.15, 0.2) is 0 Å². The predicted molar refractivity (Wildman–Crippen MR) is 74.1 cm³/mol. The molecule has 1 aliphatic heterocycles. The summed E-state index contributed by atoms with van der Waals surface area (Å²) in [4.78, 5) is 12.9. The first-order valence-electron chi connectivity index (χ1n) is 5.92. The molecule has 94 valence electrons. The Hall–Kier alpha value is -0.390. The second kappa shape index (κ2) is 5.50. The fourth-order valence-electron chi connectivity index (χ4n) is 2.27. The molecule has 2 heterocycles. The van der Waals surface area contributed by atoms with Crippen LogP contribution in [0.4, 0.5) is 0 Å². The number of thiophene rings is 1. The van der Waals surface area contributed by atoms with Crippen molar-refractivity contribution in [1.82, 2.24) is 10.4 Å². The summed E-state index contributed by atoms with van der Waals surface area (Å²) in [6.07, 6.45) is 3.55. The van der Waals surface area contributed by atoms with Gasteiger partial charge in [-0.3, -0.25) is 10.2 Å². The van der Waals surface area contributed by atoms with Crippen molar-refractivity contribution in [3.8, 4) is 0 Å². The summed E-state index contributed by atoms with van der Waals surface area (Å²) < 4.78 is 0.873. The van der Waals surface area contributed by atoms with Crippen LogP contribution in [-0.4, -0.2) is 23.0 Å². The van der Waals surface area contributed by atoms with Crippen LogP contribution >= 0.6 is 27.3 Å². The van der Waals surface area contributed by atoms with Crippen LogP contribution in [0, 0.1) is 0 Å². The molecule has 1 aliphatic rings. The standard InChI is InChI=1S/C12H17BrN2OS/c1-8-4-3-5-9(2)15(8)14-12(16)11-10(13)6-7-17-11/h6-9H,3-5H2,1-2H3,(H,14,16). The van der Waals surface area contributed by atoms with Gasteiger partial charge in [-0.25, -0.2) is 5.01 Å². The predicted octanol–water partition coefficient (Wildman–Crippen LogP) is 3.42. The van der Waals surface area contributed by atoms with Crippen LogP contribution in [-0.2, 0) is 0 Å². The lowest BCUT2D eigenvalue weighted by molar-refractivity contribution is 0.0372. The summed E-state index contributed by atoms with van der Waals surface area (Å²) in [7, 11) is 0. The van der Waals surface area contributed by atoms with Gasteiger partial charge in [0, 0.05) is 16.6 Å². The summed E-state index contributed by atoms with van der Waals surface area (Å²) >= 11 is 4.86. The highest BCUT2D eigenvalue weighted by atomic mass is 79.9. The van der Waals surface area contributed by atoms with Crippen molar-refractivity contribution in [3.63, 3.8) is 0 Å². The molecule has 1 aromatic rings. The summed E-state index contributed by atoms with van der Waals surface area (Å²) in [6, 6.07) is 2.74. The number of hydrazine groups is 1. The van der Waals surface area contributed by atoms with Crippen LogP contribution in [0.1, 0.15) is 42.8 Å². The monoisotopic (exact) mass is 316 g/mol. The number of amides is 1. The maximum Gasteiger partial charge on any atom is 0.276 e. The Morgan fingerprint density at radius 1 is 1.47 bits per heavy atom. The largest absolute Gasteiger partial charge is 0.284 e. The minimum atomic E-state index is -0.00697. The SMILES string of the molecule is CC1CCCC(C)N1NC(=O)c1sccc1Br. The molecule has 1 aromatic heterocycles. The van der Waals surface area contributed by atoms with Gasteiger partial charge < -0.3 is 0 Å². The van der Waals surface area contributed by atoms with E-state index in [1.807, 2.05) is 11.4 Å². The number of hydrogen-bond donors (Lipinski definition) is 1. The highest BCUT2D eigenvalue weighted by Gasteiger charge is 2.27. The van der Waals surface area contributed by atoms with Gasteiger partial charge in [-0.2, -0.15) is 0 Å². The zero-order chi connectivity index (χ0) is 12.4. The lowest BCUT2D eigenvalue weighted by Crippen LogP contribution is -2.54. The van der Waals surface area contributed by atoms with E-state index in [1.54, 1.807) is 0 Å². The molecule has 17 heavy (non-hydrogen) atoms. The first-order chi connectivity index (χ1) is 8.09. The number of halogens is 1. The van der Waals surface area contributed by atoms with Gasteiger partial charge in [0.05, 0.1) is 0 Å². The van der Waals surface area contributed by atoms with Gasteiger partial charge in [-0.1, -0.05) is 6.42 Å². The molecular formula is C12H17BrN2OS. The summed E-state index contributed by atoms with van der Waals surface area (Å²) in [5.74, 6) is -0.00697. The van der Waals surface area contributed by atoms with Crippen LogP contribution < -0.4 is 5.43 Å². The fraction of sp³-hybridized carbons (Fsp3) is 0.583. The van der Waals surface area contributed by atoms with E-state index < -0.39 is 0 Å². The van der Waals surface area contributed by atoms with Crippen LogP contribution in [0.3, 0.4) is 0 Å². The second-order valence-corrected chi connectivity index (χ2v) is 6.35. The van der Waals surface area contributed by atoms with Gasteiger partial charge in [-0.15, -0.1) is 11.3 Å². The van der Waals surface area contributed by atoms with Crippen LogP contribution in [0.5, 0.6) is 0 Å². The second-order valence-electron chi connectivity index (χ2n) is 4.57. The molecule has 3 nitrogen and oxygen atoms in total. The lowest BCUT2D eigenvalue weighted by Gasteiger charge is -2.38. The molecule has 0 bridgehead atoms. The molecule has 2 rings (SSSR count). The van der Waals surface area contributed by atoms with Crippen molar-refractivity contribution in [2.75, 3.05) is 0 Å². The van der Waals surface area contributed by atoms with Gasteiger partial charge >= 0.3 is 0 Å². The molecule has 0 saturated carbocycles. The first kappa shape index (κ1) is 13.1. The zero-order valence-corrected chi connectivity index (χ0v) is 12.5. The van der Waals surface area contributed by atoms with E-state index >= 15 is 0 Å². The van der Waals surface area contributed by atoms with Crippen LogP contribution in [0.25, 0.3) is 0 Å². The Labute approximate surface area is 114 Å². The third-order valence-corrected chi connectivity index (χ3v) is 5.08. The average Bonchev–Trinajstić information content (AvgIpc) is 2.70. The quantitative estimate of drug-likeness (QED) is 0.906. The van der Waals surface area contributed by atoms with Crippen molar-refractivity contribution in [2.24, 2.45) is 0 Å². The maximum atomic E-state index is 12.1. The van der Waals surface area contributed by atoms with Crippen LogP contribution in [0.2, 0.25) is 0 Å². The number of nitrogens with one attached hydrogen (secondary N) is 1. The molecule has 2 atom stereocenters. The normalized spacial score (nSPS) is 25.8. The fourth-order valence-corrected chi connectivity index (χ4v) is 3.71.